The summed E-state index contributed by atoms with van der Waals surface area (Å²) in [5.74, 6) is -0.252. The third-order valence-electron chi connectivity index (χ3n) is 2.87. The molecule has 1 aliphatic carbocycles. The fourth-order valence-corrected chi connectivity index (χ4v) is 1.97. The van der Waals surface area contributed by atoms with Gasteiger partial charge in [-0.1, -0.05) is 17.2 Å². The standard InChI is InChI=1S/C15H24O3/c1-11(2)8-9-17-13-6-5-7-14(13)18-15(16)10-12(3)4/h8,10,13-14H,5-7,9H2,1-4H3/t13-,14-/m1/s1. The lowest BCUT2D eigenvalue weighted by Crippen LogP contribution is -2.28. The van der Waals surface area contributed by atoms with E-state index in [4.69, 9.17) is 9.47 Å². The van der Waals surface area contributed by atoms with Crippen LogP contribution in [0.4, 0.5) is 0 Å². The highest BCUT2D eigenvalue weighted by atomic mass is 16.6. The van der Waals surface area contributed by atoms with Crippen molar-refractivity contribution in [2.24, 2.45) is 0 Å². The first-order valence-corrected chi connectivity index (χ1v) is 6.59. The maximum Gasteiger partial charge on any atom is 0.331 e. The minimum Gasteiger partial charge on any atom is -0.456 e. The molecule has 102 valence electrons. The topological polar surface area (TPSA) is 35.5 Å². The molecule has 0 N–H and O–H groups in total. The molecule has 1 saturated carbocycles. The first-order chi connectivity index (χ1) is 8.49. The van der Waals surface area contributed by atoms with Crippen LogP contribution in [-0.2, 0) is 14.3 Å². The highest BCUT2D eigenvalue weighted by molar-refractivity contribution is 5.82. The van der Waals surface area contributed by atoms with Gasteiger partial charge in [0.25, 0.3) is 0 Å². The van der Waals surface area contributed by atoms with Gasteiger partial charge in [0.15, 0.2) is 0 Å². The zero-order valence-corrected chi connectivity index (χ0v) is 11.9. The van der Waals surface area contributed by atoms with Crippen LogP contribution in [0, 0.1) is 0 Å². The third kappa shape index (κ3) is 5.50. The first kappa shape index (κ1) is 15.0. The molecular weight excluding hydrogens is 228 g/mol. The predicted molar refractivity (Wildman–Crippen MR) is 72.3 cm³/mol. The Kier molecular flexibility index (Phi) is 6.13. The zero-order valence-electron chi connectivity index (χ0n) is 11.9. The number of allylic oxidation sites excluding steroid dienone is 2. The maximum atomic E-state index is 11.6. The molecule has 3 heteroatoms. The third-order valence-corrected chi connectivity index (χ3v) is 2.87. The molecule has 1 fully saturated rings. The van der Waals surface area contributed by atoms with Crippen LogP contribution in [0.3, 0.4) is 0 Å². The van der Waals surface area contributed by atoms with Gasteiger partial charge in [0.2, 0.25) is 0 Å². The van der Waals surface area contributed by atoms with E-state index in [1.54, 1.807) is 0 Å². The van der Waals surface area contributed by atoms with E-state index in [1.165, 1.54) is 11.6 Å². The molecule has 0 unspecified atom stereocenters. The van der Waals surface area contributed by atoms with Crippen molar-refractivity contribution in [3.63, 3.8) is 0 Å². The van der Waals surface area contributed by atoms with E-state index in [0.29, 0.717) is 6.61 Å². The van der Waals surface area contributed by atoms with Crippen LogP contribution in [0.15, 0.2) is 23.3 Å². The van der Waals surface area contributed by atoms with Gasteiger partial charge in [-0.15, -0.1) is 0 Å². The molecule has 18 heavy (non-hydrogen) atoms. The number of hydrogen-bond acceptors (Lipinski definition) is 3. The zero-order chi connectivity index (χ0) is 13.5. The molecule has 0 spiro atoms. The molecule has 0 radical (unpaired) electrons. The smallest absolute Gasteiger partial charge is 0.331 e. The Bertz CT molecular complexity index is 334. The molecule has 1 rings (SSSR count). The van der Waals surface area contributed by atoms with E-state index in [0.717, 1.165) is 24.8 Å². The molecule has 0 amide bonds. The van der Waals surface area contributed by atoms with E-state index in [-0.39, 0.29) is 18.2 Å². The van der Waals surface area contributed by atoms with E-state index < -0.39 is 0 Å². The fourth-order valence-electron chi connectivity index (χ4n) is 1.97. The molecule has 0 aromatic heterocycles. The summed E-state index contributed by atoms with van der Waals surface area (Å²) < 4.78 is 11.2. The summed E-state index contributed by atoms with van der Waals surface area (Å²) in [6, 6.07) is 0. The van der Waals surface area contributed by atoms with Gasteiger partial charge >= 0.3 is 5.97 Å². The van der Waals surface area contributed by atoms with Gasteiger partial charge in [-0.25, -0.2) is 4.79 Å². The molecular formula is C15H24O3. The lowest BCUT2D eigenvalue weighted by Gasteiger charge is -2.19. The second-order valence-corrected chi connectivity index (χ2v) is 5.28. The Labute approximate surface area is 110 Å². The Balaban J connectivity index is 2.42. The first-order valence-electron chi connectivity index (χ1n) is 6.59. The monoisotopic (exact) mass is 252 g/mol. The summed E-state index contributed by atoms with van der Waals surface area (Å²) in [5.41, 5.74) is 2.20. The van der Waals surface area contributed by atoms with Crippen LogP contribution in [0.5, 0.6) is 0 Å². The number of ether oxygens (including phenoxy) is 2. The molecule has 1 aliphatic rings. The van der Waals surface area contributed by atoms with Crippen LogP contribution in [0.1, 0.15) is 47.0 Å². The number of rotatable bonds is 5. The van der Waals surface area contributed by atoms with Crippen molar-refractivity contribution < 1.29 is 14.3 Å². The molecule has 0 aromatic carbocycles. The van der Waals surface area contributed by atoms with Crippen LogP contribution in [0.25, 0.3) is 0 Å². The van der Waals surface area contributed by atoms with Crippen molar-refractivity contribution in [2.45, 2.75) is 59.2 Å². The predicted octanol–water partition coefficient (Wildman–Crippen LogP) is 3.40. The number of esters is 1. The van der Waals surface area contributed by atoms with Gasteiger partial charge in [-0.3, -0.25) is 0 Å². The second kappa shape index (κ2) is 7.37. The van der Waals surface area contributed by atoms with Crippen molar-refractivity contribution in [1.82, 2.24) is 0 Å². The summed E-state index contributed by atoms with van der Waals surface area (Å²) in [4.78, 5) is 11.6. The normalized spacial score (nSPS) is 22.4. The van der Waals surface area contributed by atoms with Crippen molar-refractivity contribution in [3.8, 4) is 0 Å². The molecule has 0 aliphatic heterocycles. The van der Waals surface area contributed by atoms with Crippen LogP contribution < -0.4 is 0 Å². The summed E-state index contributed by atoms with van der Waals surface area (Å²) >= 11 is 0. The van der Waals surface area contributed by atoms with Crippen molar-refractivity contribution in [2.75, 3.05) is 6.61 Å². The Morgan fingerprint density at radius 2 is 1.78 bits per heavy atom. The van der Waals surface area contributed by atoms with Gasteiger partial charge in [0.1, 0.15) is 6.10 Å². The largest absolute Gasteiger partial charge is 0.456 e. The average Bonchev–Trinajstić information content (AvgIpc) is 2.63. The highest BCUT2D eigenvalue weighted by Crippen LogP contribution is 2.25. The highest BCUT2D eigenvalue weighted by Gasteiger charge is 2.30. The van der Waals surface area contributed by atoms with E-state index >= 15 is 0 Å². The van der Waals surface area contributed by atoms with Crippen molar-refractivity contribution >= 4 is 5.97 Å². The van der Waals surface area contributed by atoms with E-state index in [2.05, 4.69) is 0 Å². The summed E-state index contributed by atoms with van der Waals surface area (Å²) in [5, 5.41) is 0. The van der Waals surface area contributed by atoms with Gasteiger partial charge in [0, 0.05) is 6.08 Å². The quantitative estimate of drug-likeness (QED) is 0.427. The molecule has 0 aromatic rings. The molecule has 3 nitrogen and oxygen atoms in total. The maximum absolute atomic E-state index is 11.6. The SMILES string of the molecule is CC(C)=CCO[C@@H]1CCC[C@H]1OC(=O)C=C(C)C. The molecule has 0 heterocycles. The number of carbonyl (C=O) groups is 1. The van der Waals surface area contributed by atoms with Gasteiger partial charge < -0.3 is 9.47 Å². The van der Waals surface area contributed by atoms with Crippen molar-refractivity contribution in [3.05, 3.63) is 23.3 Å². The van der Waals surface area contributed by atoms with Gasteiger partial charge in [0.05, 0.1) is 12.7 Å². The van der Waals surface area contributed by atoms with E-state index in [1.807, 2.05) is 33.8 Å². The van der Waals surface area contributed by atoms with Gasteiger partial charge in [-0.2, -0.15) is 0 Å². The van der Waals surface area contributed by atoms with Crippen molar-refractivity contribution in [1.29, 1.82) is 0 Å². The second-order valence-electron chi connectivity index (χ2n) is 5.28. The number of hydrogen-bond donors (Lipinski definition) is 0. The number of carbonyl (C=O) groups excluding carboxylic acids is 1. The Morgan fingerprint density at radius 3 is 2.39 bits per heavy atom. The molecule has 2 atom stereocenters. The fraction of sp³-hybridized carbons (Fsp3) is 0.667. The average molecular weight is 252 g/mol. The molecule has 0 bridgehead atoms. The summed E-state index contributed by atoms with van der Waals surface area (Å²) in [6.07, 6.45) is 6.49. The Hall–Kier alpha value is -1.09. The van der Waals surface area contributed by atoms with Crippen LogP contribution >= 0.6 is 0 Å². The van der Waals surface area contributed by atoms with Crippen LogP contribution in [0.2, 0.25) is 0 Å². The molecule has 0 saturated heterocycles. The Morgan fingerprint density at radius 1 is 1.11 bits per heavy atom. The summed E-state index contributed by atoms with van der Waals surface area (Å²) in [7, 11) is 0. The van der Waals surface area contributed by atoms with E-state index in [9.17, 15) is 4.79 Å². The minimum atomic E-state index is -0.252. The lowest BCUT2D eigenvalue weighted by atomic mass is 10.2. The summed E-state index contributed by atoms with van der Waals surface area (Å²) in [6.45, 7) is 8.47. The minimum absolute atomic E-state index is 0.0510. The van der Waals surface area contributed by atoms with Crippen LogP contribution in [-0.4, -0.2) is 24.8 Å². The van der Waals surface area contributed by atoms with Gasteiger partial charge in [-0.05, 0) is 47.0 Å². The lowest BCUT2D eigenvalue weighted by molar-refractivity contribution is -0.148.